The van der Waals surface area contributed by atoms with E-state index in [-0.39, 0.29) is 0 Å². The van der Waals surface area contributed by atoms with Crippen LogP contribution in [0.5, 0.6) is 0 Å². The van der Waals surface area contributed by atoms with E-state index in [0.29, 0.717) is 11.8 Å². The van der Waals surface area contributed by atoms with E-state index in [9.17, 15) is 0 Å². The van der Waals surface area contributed by atoms with E-state index in [1.807, 2.05) is 0 Å². The number of H-pyrrole nitrogens is 1. The molecule has 0 radical (unpaired) electrons. The summed E-state index contributed by atoms with van der Waals surface area (Å²) in [4.78, 5) is 3.37. The summed E-state index contributed by atoms with van der Waals surface area (Å²) in [6.07, 6.45) is 2.12. The van der Waals surface area contributed by atoms with E-state index in [2.05, 4.69) is 69.2 Å². The third-order valence-electron chi connectivity index (χ3n) is 3.22. The van der Waals surface area contributed by atoms with Crippen LogP contribution in [0.25, 0.3) is 11.1 Å². The largest absolute Gasteiger partial charge is 0.364 e. The zero-order valence-electron chi connectivity index (χ0n) is 11.1. The highest BCUT2D eigenvalue weighted by Gasteiger charge is 2.10. The SMILES string of the molecule is CC(C)c1cc(-c2ccccc2C(C)C)c[nH]1. The molecule has 0 aliphatic heterocycles. The Morgan fingerprint density at radius 3 is 2.24 bits per heavy atom. The second kappa shape index (κ2) is 4.79. The van der Waals surface area contributed by atoms with Crippen LogP contribution in [0.1, 0.15) is 50.8 Å². The van der Waals surface area contributed by atoms with Crippen molar-refractivity contribution in [2.75, 3.05) is 0 Å². The van der Waals surface area contributed by atoms with Gasteiger partial charge in [-0.2, -0.15) is 0 Å². The van der Waals surface area contributed by atoms with E-state index in [0.717, 1.165) is 0 Å². The van der Waals surface area contributed by atoms with Gasteiger partial charge in [0.25, 0.3) is 0 Å². The van der Waals surface area contributed by atoms with Gasteiger partial charge in [-0.1, -0.05) is 52.0 Å². The Kier molecular flexibility index (Phi) is 3.37. The lowest BCUT2D eigenvalue weighted by Gasteiger charge is -2.11. The molecule has 0 aliphatic carbocycles. The number of hydrogen-bond donors (Lipinski definition) is 1. The molecule has 0 spiro atoms. The highest BCUT2D eigenvalue weighted by Crippen LogP contribution is 2.30. The second-order valence-electron chi connectivity index (χ2n) is 5.24. The molecule has 1 heteroatoms. The molecular weight excluding hydrogens is 206 g/mol. The Hall–Kier alpha value is -1.50. The summed E-state index contributed by atoms with van der Waals surface area (Å²) in [5, 5.41) is 0. The van der Waals surface area contributed by atoms with E-state index < -0.39 is 0 Å². The minimum absolute atomic E-state index is 0.551. The van der Waals surface area contributed by atoms with Gasteiger partial charge in [0.05, 0.1) is 0 Å². The molecule has 0 saturated heterocycles. The van der Waals surface area contributed by atoms with Crippen LogP contribution in [-0.4, -0.2) is 4.98 Å². The molecule has 1 N–H and O–H groups in total. The minimum atomic E-state index is 0.551. The number of aromatic nitrogens is 1. The molecule has 1 aromatic carbocycles. The molecule has 1 nitrogen and oxygen atoms in total. The predicted molar refractivity (Wildman–Crippen MR) is 74.4 cm³/mol. The smallest absolute Gasteiger partial charge is 0.0179 e. The highest BCUT2D eigenvalue weighted by atomic mass is 14.7. The van der Waals surface area contributed by atoms with Crippen LogP contribution in [0.2, 0.25) is 0 Å². The van der Waals surface area contributed by atoms with Crippen molar-refractivity contribution in [3.63, 3.8) is 0 Å². The average molecular weight is 227 g/mol. The molecule has 0 unspecified atom stereocenters. The van der Waals surface area contributed by atoms with Crippen molar-refractivity contribution in [3.05, 3.63) is 47.8 Å². The van der Waals surface area contributed by atoms with Crippen molar-refractivity contribution in [1.29, 1.82) is 0 Å². The van der Waals surface area contributed by atoms with Gasteiger partial charge in [-0.3, -0.25) is 0 Å². The molecule has 17 heavy (non-hydrogen) atoms. The molecule has 0 saturated carbocycles. The summed E-state index contributed by atoms with van der Waals surface area (Å²) in [5.74, 6) is 1.11. The van der Waals surface area contributed by atoms with Gasteiger partial charge in [0.2, 0.25) is 0 Å². The summed E-state index contributed by atoms with van der Waals surface area (Å²) in [7, 11) is 0. The number of hydrogen-bond acceptors (Lipinski definition) is 0. The fourth-order valence-corrected chi connectivity index (χ4v) is 2.16. The maximum atomic E-state index is 3.37. The van der Waals surface area contributed by atoms with Crippen molar-refractivity contribution in [2.45, 2.75) is 39.5 Å². The van der Waals surface area contributed by atoms with Crippen molar-refractivity contribution in [1.82, 2.24) is 4.98 Å². The molecule has 2 rings (SSSR count). The summed E-state index contributed by atoms with van der Waals surface area (Å²) >= 11 is 0. The van der Waals surface area contributed by atoms with E-state index in [1.54, 1.807) is 0 Å². The predicted octanol–water partition coefficient (Wildman–Crippen LogP) is 4.93. The van der Waals surface area contributed by atoms with Crippen LogP contribution in [0.3, 0.4) is 0 Å². The average Bonchev–Trinajstić information content (AvgIpc) is 2.78. The van der Waals surface area contributed by atoms with Crippen molar-refractivity contribution < 1.29 is 0 Å². The zero-order valence-corrected chi connectivity index (χ0v) is 11.1. The number of nitrogens with one attached hydrogen (secondary N) is 1. The summed E-state index contributed by atoms with van der Waals surface area (Å²) in [6, 6.07) is 10.9. The highest BCUT2D eigenvalue weighted by molar-refractivity contribution is 5.68. The fraction of sp³-hybridized carbons (Fsp3) is 0.375. The fourth-order valence-electron chi connectivity index (χ4n) is 2.16. The van der Waals surface area contributed by atoms with Gasteiger partial charge in [-0.25, -0.2) is 0 Å². The maximum Gasteiger partial charge on any atom is 0.0179 e. The van der Waals surface area contributed by atoms with Gasteiger partial charge < -0.3 is 4.98 Å². The first kappa shape index (κ1) is 12.0. The summed E-state index contributed by atoms with van der Waals surface area (Å²) in [6.45, 7) is 8.91. The van der Waals surface area contributed by atoms with Crippen molar-refractivity contribution >= 4 is 0 Å². The first-order chi connectivity index (χ1) is 8.09. The third-order valence-corrected chi connectivity index (χ3v) is 3.22. The zero-order chi connectivity index (χ0) is 12.4. The quantitative estimate of drug-likeness (QED) is 0.765. The summed E-state index contributed by atoms with van der Waals surface area (Å²) in [5.41, 5.74) is 5.38. The van der Waals surface area contributed by atoms with E-state index in [1.165, 1.54) is 22.4 Å². The molecular formula is C16H21N. The van der Waals surface area contributed by atoms with Crippen LogP contribution < -0.4 is 0 Å². The molecule has 0 bridgehead atoms. The molecule has 1 aromatic heterocycles. The Labute approximate surface area is 104 Å². The van der Waals surface area contributed by atoms with Crippen LogP contribution in [-0.2, 0) is 0 Å². The molecule has 0 amide bonds. The Morgan fingerprint density at radius 1 is 0.941 bits per heavy atom. The first-order valence-electron chi connectivity index (χ1n) is 6.37. The van der Waals surface area contributed by atoms with E-state index in [4.69, 9.17) is 0 Å². The molecule has 0 atom stereocenters. The molecule has 1 heterocycles. The van der Waals surface area contributed by atoms with Crippen molar-refractivity contribution in [3.8, 4) is 11.1 Å². The lowest BCUT2D eigenvalue weighted by molar-refractivity contribution is 0.833. The van der Waals surface area contributed by atoms with Crippen LogP contribution in [0.15, 0.2) is 36.5 Å². The van der Waals surface area contributed by atoms with Gasteiger partial charge >= 0.3 is 0 Å². The van der Waals surface area contributed by atoms with Crippen LogP contribution in [0.4, 0.5) is 0 Å². The molecule has 0 aliphatic rings. The van der Waals surface area contributed by atoms with Crippen molar-refractivity contribution in [2.24, 2.45) is 0 Å². The Bertz CT molecular complexity index is 492. The van der Waals surface area contributed by atoms with Gasteiger partial charge in [0.15, 0.2) is 0 Å². The van der Waals surface area contributed by atoms with Gasteiger partial charge in [-0.15, -0.1) is 0 Å². The standard InChI is InChI=1S/C16H21N/c1-11(2)14-7-5-6-8-15(14)13-9-16(12(3)4)17-10-13/h5-12,17H,1-4H3. The number of rotatable bonds is 3. The van der Waals surface area contributed by atoms with Crippen LogP contribution in [0, 0.1) is 0 Å². The van der Waals surface area contributed by atoms with E-state index >= 15 is 0 Å². The Morgan fingerprint density at radius 2 is 1.65 bits per heavy atom. The molecule has 0 fully saturated rings. The lowest BCUT2D eigenvalue weighted by Crippen LogP contribution is -1.90. The topological polar surface area (TPSA) is 15.8 Å². The van der Waals surface area contributed by atoms with Crippen LogP contribution >= 0.6 is 0 Å². The van der Waals surface area contributed by atoms with Gasteiger partial charge in [-0.05, 0) is 34.6 Å². The molecule has 90 valence electrons. The lowest BCUT2D eigenvalue weighted by atomic mass is 9.93. The maximum absolute atomic E-state index is 3.37. The monoisotopic (exact) mass is 227 g/mol. The van der Waals surface area contributed by atoms with Gasteiger partial charge in [0.1, 0.15) is 0 Å². The Balaban J connectivity index is 2.45. The third kappa shape index (κ3) is 2.44. The van der Waals surface area contributed by atoms with Gasteiger partial charge in [0, 0.05) is 11.9 Å². The number of benzene rings is 1. The minimum Gasteiger partial charge on any atom is -0.364 e. The first-order valence-corrected chi connectivity index (χ1v) is 6.37. The second-order valence-corrected chi connectivity index (χ2v) is 5.24. The normalized spacial score (nSPS) is 11.4. The summed E-state index contributed by atoms with van der Waals surface area (Å²) < 4.78 is 0. The number of aromatic amines is 1. The molecule has 2 aromatic rings.